The molecule has 2 aromatic rings. The third-order valence-electron chi connectivity index (χ3n) is 5.21. The van der Waals surface area contributed by atoms with Gasteiger partial charge in [0.1, 0.15) is 4.88 Å². The second kappa shape index (κ2) is 6.73. The summed E-state index contributed by atoms with van der Waals surface area (Å²) in [5.74, 6) is -1.09. The number of epoxide rings is 1. The number of benzene rings is 1. The average molecular weight is 401 g/mol. The summed E-state index contributed by atoms with van der Waals surface area (Å²) in [5.41, 5.74) is -0.0954. The van der Waals surface area contributed by atoms with E-state index in [1.54, 1.807) is 7.11 Å². The van der Waals surface area contributed by atoms with Gasteiger partial charge in [0.2, 0.25) is 0 Å². The first-order chi connectivity index (χ1) is 12.8. The van der Waals surface area contributed by atoms with E-state index in [1.807, 2.05) is 0 Å². The van der Waals surface area contributed by atoms with Gasteiger partial charge in [0.05, 0.1) is 5.56 Å². The Balaban J connectivity index is 1.63. The van der Waals surface area contributed by atoms with Gasteiger partial charge in [0.15, 0.2) is 12.5 Å². The molecule has 1 N–H and O–H groups in total. The summed E-state index contributed by atoms with van der Waals surface area (Å²) in [5, 5.41) is 10.2. The lowest BCUT2D eigenvalue weighted by Gasteiger charge is -2.31. The number of aromatic carboxylic acids is 1. The van der Waals surface area contributed by atoms with E-state index in [4.69, 9.17) is 9.47 Å². The number of alkyl halides is 3. The van der Waals surface area contributed by atoms with E-state index in [-0.39, 0.29) is 23.3 Å². The highest BCUT2D eigenvalue weighted by atomic mass is 32.1. The van der Waals surface area contributed by atoms with Gasteiger partial charge in [-0.3, -0.25) is 4.90 Å². The minimum Gasteiger partial charge on any atom is -0.477 e. The Morgan fingerprint density at radius 1 is 1.33 bits per heavy atom. The van der Waals surface area contributed by atoms with Gasteiger partial charge in [-0.05, 0) is 41.8 Å². The van der Waals surface area contributed by atoms with E-state index in [2.05, 4.69) is 4.90 Å². The van der Waals surface area contributed by atoms with E-state index >= 15 is 0 Å². The highest BCUT2D eigenvalue weighted by Gasteiger charge is 2.45. The summed E-state index contributed by atoms with van der Waals surface area (Å²) < 4.78 is 49.9. The number of hydrogen-bond acceptors (Lipinski definition) is 5. The Hall–Kier alpha value is -1.68. The molecule has 2 saturated heterocycles. The van der Waals surface area contributed by atoms with Crippen molar-refractivity contribution in [3.05, 3.63) is 34.2 Å². The van der Waals surface area contributed by atoms with Gasteiger partial charge in [0, 0.05) is 24.9 Å². The van der Waals surface area contributed by atoms with E-state index in [0.717, 1.165) is 49.4 Å². The van der Waals surface area contributed by atoms with Gasteiger partial charge in [-0.15, -0.1) is 11.3 Å². The highest BCUT2D eigenvalue weighted by molar-refractivity contribution is 7.21. The number of likely N-dealkylation sites (tertiary alicyclic amines) is 1. The summed E-state index contributed by atoms with van der Waals surface area (Å²) in [7, 11) is 1.59. The summed E-state index contributed by atoms with van der Waals surface area (Å²) in [6.45, 7) is 1.46. The molecule has 146 valence electrons. The van der Waals surface area contributed by atoms with Crippen LogP contribution in [0.5, 0.6) is 0 Å². The SMILES string of the molecule is COC1OC1N1CCC(c2c(C(=O)O)sc3cc(C(F)(F)F)ccc23)CC1. The first kappa shape index (κ1) is 18.7. The monoisotopic (exact) mass is 401 g/mol. The summed E-state index contributed by atoms with van der Waals surface area (Å²) in [6.07, 6.45) is -3.26. The zero-order chi connectivity index (χ0) is 19.3. The smallest absolute Gasteiger partial charge is 0.416 e. The number of ether oxygens (including phenoxy) is 2. The standard InChI is InChI=1S/C18H18F3NO4S/c1-25-17-15(26-17)22-6-4-9(5-7-22)13-11-3-2-10(18(19,20)21)8-12(11)27-14(13)16(23)24/h2-3,8-9,15,17H,4-7H2,1H3,(H,23,24). The van der Waals surface area contributed by atoms with Crippen LogP contribution < -0.4 is 0 Å². The van der Waals surface area contributed by atoms with E-state index in [1.165, 1.54) is 6.07 Å². The molecule has 3 heterocycles. The van der Waals surface area contributed by atoms with E-state index < -0.39 is 17.7 Å². The molecule has 2 fully saturated rings. The number of halogens is 3. The Bertz CT molecular complexity index is 873. The molecule has 2 aliphatic rings. The largest absolute Gasteiger partial charge is 0.477 e. The molecule has 0 spiro atoms. The molecule has 0 radical (unpaired) electrons. The Morgan fingerprint density at radius 2 is 2.04 bits per heavy atom. The fraction of sp³-hybridized carbons (Fsp3) is 0.500. The van der Waals surface area contributed by atoms with Gasteiger partial charge in [-0.1, -0.05) is 6.07 Å². The van der Waals surface area contributed by atoms with Crippen LogP contribution in [-0.4, -0.2) is 48.7 Å². The quantitative estimate of drug-likeness (QED) is 0.781. The van der Waals surface area contributed by atoms with Crippen molar-refractivity contribution in [1.82, 2.24) is 4.90 Å². The molecular weight excluding hydrogens is 383 g/mol. The lowest BCUT2D eigenvalue weighted by atomic mass is 9.87. The van der Waals surface area contributed by atoms with E-state index in [9.17, 15) is 23.1 Å². The first-order valence-corrected chi connectivity index (χ1v) is 9.40. The third-order valence-corrected chi connectivity index (χ3v) is 6.37. The summed E-state index contributed by atoms with van der Waals surface area (Å²) in [6, 6.07) is 3.49. The van der Waals surface area contributed by atoms with Crippen molar-refractivity contribution in [2.75, 3.05) is 20.2 Å². The predicted molar refractivity (Wildman–Crippen MR) is 93.0 cm³/mol. The number of carboxylic acid groups (broad SMARTS) is 1. The molecule has 0 amide bonds. The van der Waals surface area contributed by atoms with Crippen molar-refractivity contribution in [1.29, 1.82) is 0 Å². The lowest BCUT2D eigenvalue weighted by molar-refractivity contribution is -0.137. The molecule has 27 heavy (non-hydrogen) atoms. The average Bonchev–Trinajstić information content (AvgIpc) is 3.32. The molecule has 0 bridgehead atoms. The van der Waals surface area contributed by atoms with Crippen molar-refractivity contribution < 1.29 is 32.5 Å². The zero-order valence-electron chi connectivity index (χ0n) is 14.5. The summed E-state index contributed by atoms with van der Waals surface area (Å²) in [4.78, 5) is 14.0. The molecule has 9 heteroatoms. The number of carboxylic acids is 1. The van der Waals surface area contributed by atoms with Crippen molar-refractivity contribution in [2.24, 2.45) is 0 Å². The van der Waals surface area contributed by atoms with Gasteiger partial charge in [-0.2, -0.15) is 13.2 Å². The number of piperidine rings is 1. The maximum atomic E-state index is 13.0. The van der Waals surface area contributed by atoms with Crippen LogP contribution in [0.25, 0.3) is 10.1 Å². The number of thiophene rings is 1. The Labute approximate surface area is 157 Å². The minimum atomic E-state index is -4.45. The van der Waals surface area contributed by atoms with Crippen molar-refractivity contribution in [2.45, 2.75) is 37.5 Å². The van der Waals surface area contributed by atoms with Gasteiger partial charge >= 0.3 is 12.1 Å². The molecule has 5 nitrogen and oxygen atoms in total. The van der Waals surface area contributed by atoms with E-state index in [0.29, 0.717) is 15.6 Å². The van der Waals surface area contributed by atoms with Crippen molar-refractivity contribution >= 4 is 27.4 Å². The maximum Gasteiger partial charge on any atom is 0.416 e. The Morgan fingerprint density at radius 3 is 2.59 bits per heavy atom. The molecular formula is C18H18F3NO4S. The number of hydrogen-bond donors (Lipinski definition) is 1. The topological polar surface area (TPSA) is 62.3 Å². The molecule has 1 aromatic carbocycles. The van der Waals surface area contributed by atoms with Crippen molar-refractivity contribution in [3.63, 3.8) is 0 Å². The number of rotatable bonds is 4. The van der Waals surface area contributed by atoms with Crippen LogP contribution in [0.1, 0.15) is 39.6 Å². The number of methoxy groups -OCH3 is 1. The normalized spacial score (nSPS) is 24.4. The number of nitrogens with zero attached hydrogens (tertiary/aromatic N) is 1. The van der Waals surface area contributed by atoms with Crippen LogP contribution in [0.2, 0.25) is 0 Å². The van der Waals surface area contributed by atoms with Gasteiger partial charge < -0.3 is 14.6 Å². The molecule has 0 saturated carbocycles. The summed E-state index contributed by atoms with van der Waals surface area (Å²) >= 11 is 0.922. The van der Waals surface area contributed by atoms with Crippen LogP contribution in [0.4, 0.5) is 13.2 Å². The number of carbonyl (C=O) groups is 1. The fourth-order valence-corrected chi connectivity index (χ4v) is 4.99. The number of fused-ring (bicyclic) bond motifs is 1. The van der Waals surface area contributed by atoms with Gasteiger partial charge in [0.25, 0.3) is 0 Å². The van der Waals surface area contributed by atoms with Gasteiger partial charge in [-0.25, -0.2) is 4.79 Å². The van der Waals surface area contributed by atoms with Crippen LogP contribution >= 0.6 is 11.3 Å². The second-order valence-corrected chi connectivity index (χ2v) is 7.85. The predicted octanol–water partition coefficient (Wildman–Crippen LogP) is 4.13. The van der Waals surface area contributed by atoms with Crippen LogP contribution in [-0.2, 0) is 15.7 Å². The molecule has 0 aliphatic carbocycles. The molecule has 2 atom stereocenters. The third kappa shape index (κ3) is 3.44. The Kier molecular flexibility index (Phi) is 4.66. The maximum absolute atomic E-state index is 13.0. The minimum absolute atomic E-state index is 0.00224. The van der Waals surface area contributed by atoms with Crippen LogP contribution in [0, 0.1) is 0 Å². The van der Waals surface area contributed by atoms with Crippen LogP contribution in [0.15, 0.2) is 18.2 Å². The molecule has 4 rings (SSSR count). The highest BCUT2D eigenvalue weighted by Crippen LogP contribution is 2.43. The molecule has 2 aliphatic heterocycles. The molecule has 1 aromatic heterocycles. The second-order valence-electron chi connectivity index (χ2n) is 6.80. The zero-order valence-corrected chi connectivity index (χ0v) is 15.3. The fourth-order valence-electron chi connectivity index (χ4n) is 3.82. The first-order valence-electron chi connectivity index (χ1n) is 8.59. The lowest BCUT2D eigenvalue weighted by Crippen LogP contribution is -2.36. The van der Waals surface area contributed by atoms with Crippen molar-refractivity contribution in [3.8, 4) is 0 Å². The van der Waals surface area contributed by atoms with Crippen LogP contribution in [0.3, 0.4) is 0 Å². The molecule has 2 unspecified atom stereocenters.